The second-order valence-electron chi connectivity index (χ2n) is 7.86. The Kier molecular flexibility index (Phi) is 5.77. The second kappa shape index (κ2) is 8.03. The van der Waals surface area contributed by atoms with Crippen molar-refractivity contribution in [3.05, 3.63) is 35.9 Å². The van der Waals surface area contributed by atoms with Crippen molar-refractivity contribution in [2.45, 2.75) is 52.0 Å². The molecule has 0 radical (unpaired) electrons. The summed E-state index contributed by atoms with van der Waals surface area (Å²) in [6, 6.07) is 10.5. The smallest absolute Gasteiger partial charge is 0.225 e. The van der Waals surface area contributed by atoms with Crippen molar-refractivity contribution in [3.8, 4) is 0 Å². The van der Waals surface area contributed by atoms with Gasteiger partial charge in [0.05, 0.1) is 5.92 Å². The topological polar surface area (TPSA) is 49.4 Å². The number of amides is 2. The molecule has 2 fully saturated rings. The maximum atomic E-state index is 12.6. The zero-order valence-electron chi connectivity index (χ0n) is 15.4. The highest BCUT2D eigenvalue weighted by Gasteiger charge is 2.36. The molecule has 1 saturated heterocycles. The summed E-state index contributed by atoms with van der Waals surface area (Å²) in [5, 5.41) is 3.24. The van der Waals surface area contributed by atoms with Gasteiger partial charge in [-0.2, -0.15) is 0 Å². The van der Waals surface area contributed by atoms with Gasteiger partial charge in [-0.05, 0) is 30.2 Å². The van der Waals surface area contributed by atoms with E-state index in [-0.39, 0.29) is 23.8 Å². The van der Waals surface area contributed by atoms with Crippen LogP contribution in [-0.2, 0) is 16.0 Å². The molecule has 0 bridgehead atoms. The van der Waals surface area contributed by atoms with E-state index in [0.29, 0.717) is 31.3 Å². The normalized spacial score (nSPS) is 29.7. The van der Waals surface area contributed by atoms with Gasteiger partial charge < -0.3 is 10.2 Å². The van der Waals surface area contributed by atoms with Crippen LogP contribution in [0, 0.1) is 17.8 Å². The van der Waals surface area contributed by atoms with E-state index in [4.69, 9.17) is 0 Å². The fraction of sp³-hybridized carbons (Fsp3) is 0.619. The van der Waals surface area contributed by atoms with E-state index in [2.05, 4.69) is 31.3 Å². The van der Waals surface area contributed by atoms with Gasteiger partial charge in [-0.15, -0.1) is 0 Å². The molecular formula is C21H30N2O2. The summed E-state index contributed by atoms with van der Waals surface area (Å²) < 4.78 is 0. The zero-order chi connectivity index (χ0) is 17.8. The Hall–Kier alpha value is -1.84. The SMILES string of the molecule is CC1CCCC(NC(=O)C2CC(=O)N(CCc3ccccc3)C2)C1C. The van der Waals surface area contributed by atoms with E-state index in [9.17, 15) is 9.59 Å². The molecule has 3 rings (SSSR count). The van der Waals surface area contributed by atoms with Gasteiger partial charge >= 0.3 is 0 Å². The highest BCUT2D eigenvalue weighted by atomic mass is 16.2. The number of benzene rings is 1. The number of nitrogens with zero attached hydrogens (tertiary/aromatic N) is 1. The van der Waals surface area contributed by atoms with Crippen LogP contribution in [0.2, 0.25) is 0 Å². The van der Waals surface area contributed by atoms with Crippen LogP contribution in [0.15, 0.2) is 30.3 Å². The van der Waals surface area contributed by atoms with E-state index in [0.717, 1.165) is 12.8 Å². The van der Waals surface area contributed by atoms with Crippen molar-refractivity contribution >= 4 is 11.8 Å². The van der Waals surface area contributed by atoms with E-state index in [1.165, 1.54) is 18.4 Å². The summed E-state index contributed by atoms with van der Waals surface area (Å²) in [7, 11) is 0. The van der Waals surface area contributed by atoms with Crippen LogP contribution in [0.5, 0.6) is 0 Å². The van der Waals surface area contributed by atoms with Crippen molar-refractivity contribution in [2.24, 2.45) is 17.8 Å². The van der Waals surface area contributed by atoms with Gasteiger partial charge in [-0.3, -0.25) is 9.59 Å². The molecule has 1 saturated carbocycles. The van der Waals surface area contributed by atoms with Gasteiger partial charge in [0.15, 0.2) is 0 Å². The maximum Gasteiger partial charge on any atom is 0.225 e. The Morgan fingerprint density at radius 3 is 2.72 bits per heavy atom. The summed E-state index contributed by atoms with van der Waals surface area (Å²) >= 11 is 0. The second-order valence-corrected chi connectivity index (χ2v) is 7.86. The van der Waals surface area contributed by atoms with Gasteiger partial charge in [-0.1, -0.05) is 57.0 Å². The standard InChI is InChI=1S/C21H30N2O2/c1-15-7-6-10-19(16(15)2)22-21(25)18-13-20(24)23(14-18)12-11-17-8-4-3-5-9-17/h3-5,8-9,15-16,18-19H,6-7,10-14H2,1-2H3,(H,22,25). The molecule has 4 unspecified atom stereocenters. The molecule has 4 atom stereocenters. The van der Waals surface area contributed by atoms with Gasteiger partial charge in [-0.25, -0.2) is 0 Å². The number of hydrogen-bond acceptors (Lipinski definition) is 2. The molecular weight excluding hydrogens is 312 g/mol. The molecule has 2 aliphatic rings. The van der Waals surface area contributed by atoms with Crippen molar-refractivity contribution in [1.82, 2.24) is 10.2 Å². The fourth-order valence-electron chi connectivity index (χ4n) is 4.16. The summed E-state index contributed by atoms with van der Waals surface area (Å²) in [5.41, 5.74) is 1.23. The zero-order valence-corrected chi connectivity index (χ0v) is 15.4. The Balaban J connectivity index is 1.50. The van der Waals surface area contributed by atoms with Crippen molar-refractivity contribution in [1.29, 1.82) is 0 Å². The van der Waals surface area contributed by atoms with E-state index < -0.39 is 0 Å². The monoisotopic (exact) mass is 342 g/mol. The molecule has 1 heterocycles. The third kappa shape index (κ3) is 4.42. The molecule has 0 spiro atoms. The largest absolute Gasteiger partial charge is 0.353 e. The molecule has 1 aromatic carbocycles. The quantitative estimate of drug-likeness (QED) is 0.894. The van der Waals surface area contributed by atoms with Crippen molar-refractivity contribution < 1.29 is 9.59 Å². The summed E-state index contributed by atoms with van der Waals surface area (Å²) in [6.07, 6.45) is 4.71. The average Bonchev–Trinajstić information content (AvgIpc) is 2.99. The van der Waals surface area contributed by atoms with Gasteiger partial charge in [0, 0.05) is 25.6 Å². The maximum absolute atomic E-state index is 12.6. The summed E-state index contributed by atoms with van der Waals surface area (Å²) in [6.45, 7) is 5.77. The number of nitrogens with one attached hydrogen (secondary N) is 1. The molecule has 0 aromatic heterocycles. The molecule has 2 amide bonds. The lowest BCUT2D eigenvalue weighted by Gasteiger charge is -2.35. The predicted octanol–water partition coefficient (Wildman–Crippen LogP) is 3.02. The lowest BCUT2D eigenvalue weighted by atomic mass is 9.78. The molecule has 4 nitrogen and oxygen atoms in total. The summed E-state index contributed by atoms with van der Waals surface area (Å²) in [4.78, 5) is 26.8. The third-order valence-corrected chi connectivity index (χ3v) is 6.13. The molecule has 1 aromatic rings. The molecule has 1 aliphatic carbocycles. The lowest BCUT2D eigenvalue weighted by molar-refractivity contribution is -0.129. The first-order chi connectivity index (χ1) is 12.0. The number of rotatable bonds is 5. The minimum Gasteiger partial charge on any atom is -0.353 e. The molecule has 136 valence electrons. The van der Waals surface area contributed by atoms with Crippen molar-refractivity contribution in [2.75, 3.05) is 13.1 Å². The van der Waals surface area contributed by atoms with Gasteiger partial charge in [0.2, 0.25) is 11.8 Å². The van der Waals surface area contributed by atoms with Crippen LogP contribution >= 0.6 is 0 Å². The first-order valence-electron chi connectivity index (χ1n) is 9.66. The average molecular weight is 342 g/mol. The molecule has 1 aliphatic heterocycles. The minimum atomic E-state index is -0.187. The number of carbonyl (C=O) groups is 2. The fourth-order valence-corrected chi connectivity index (χ4v) is 4.16. The molecule has 1 N–H and O–H groups in total. The van der Waals surface area contributed by atoms with Crippen LogP contribution in [0.3, 0.4) is 0 Å². The van der Waals surface area contributed by atoms with E-state index >= 15 is 0 Å². The summed E-state index contributed by atoms with van der Waals surface area (Å²) in [5.74, 6) is 1.17. The van der Waals surface area contributed by atoms with E-state index in [1.807, 2.05) is 23.1 Å². The van der Waals surface area contributed by atoms with Gasteiger partial charge in [0.1, 0.15) is 0 Å². The van der Waals surface area contributed by atoms with Gasteiger partial charge in [0.25, 0.3) is 0 Å². The minimum absolute atomic E-state index is 0.0708. The first-order valence-corrected chi connectivity index (χ1v) is 9.66. The first kappa shape index (κ1) is 18.0. The Morgan fingerprint density at radius 1 is 1.20 bits per heavy atom. The van der Waals surface area contributed by atoms with Crippen LogP contribution in [-0.4, -0.2) is 35.8 Å². The van der Waals surface area contributed by atoms with E-state index in [1.54, 1.807) is 0 Å². The third-order valence-electron chi connectivity index (χ3n) is 6.13. The Morgan fingerprint density at radius 2 is 1.96 bits per heavy atom. The Bertz CT molecular complexity index is 601. The van der Waals surface area contributed by atoms with Crippen molar-refractivity contribution in [3.63, 3.8) is 0 Å². The van der Waals surface area contributed by atoms with Crippen LogP contribution in [0.1, 0.15) is 45.1 Å². The number of likely N-dealkylation sites (tertiary alicyclic amines) is 1. The highest BCUT2D eigenvalue weighted by molar-refractivity contribution is 5.89. The molecule has 25 heavy (non-hydrogen) atoms. The van der Waals surface area contributed by atoms with Crippen LogP contribution in [0.4, 0.5) is 0 Å². The molecule has 4 heteroatoms. The predicted molar refractivity (Wildman–Crippen MR) is 98.9 cm³/mol. The lowest BCUT2D eigenvalue weighted by Crippen LogP contribution is -2.46. The number of hydrogen-bond donors (Lipinski definition) is 1. The van der Waals surface area contributed by atoms with Crippen LogP contribution < -0.4 is 5.32 Å². The highest BCUT2D eigenvalue weighted by Crippen LogP contribution is 2.30. The van der Waals surface area contributed by atoms with Crippen LogP contribution in [0.25, 0.3) is 0 Å². The number of carbonyl (C=O) groups excluding carboxylic acids is 2. The Labute approximate surface area is 151 Å².